The van der Waals surface area contributed by atoms with Crippen molar-refractivity contribution in [1.82, 2.24) is 4.98 Å². The minimum Gasteiger partial charge on any atom is -0.388 e. The van der Waals surface area contributed by atoms with Crippen molar-refractivity contribution >= 4 is 16.5 Å². The zero-order valence-electron chi connectivity index (χ0n) is 10.9. The van der Waals surface area contributed by atoms with E-state index in [1.54, 1.807) is 11.3 Å². The van der Waals surface area contributed by atoms with E-state index in [1.165, 1.54) is 25.7 Å². The van der Waals surface area contributed by atoms with Crippen LogP contribution in [0.5, 0.6) is 0 Å². The number of anilines is 1. The number of aliphatic hydroxyl groups excluding tert-OH is 1. The number of aromatic nitrogens is 1. The Labute approximate surface area is 107 Å². The summed E-state index contributed by atoms with van der Waals surface area (Å²) < 4.78 is 0. The molecule has 0 aromatic carbocycles. The molecule has 0 saturated heterocycles. The van der Waals surface area contributed by atoms with Crippen LogP contribution in [-0.2, 0) is 0 Å². The largest absolute Gasteiger partial charge is 0.388 e. The van der Waals surface area contributed by atoms with Gasteiger partial charge in [-0.25, -0.2) is 4.98 Å². The Morgan fingerprint density at radius 3 is 2.59 bits per heavy atom. The monoisotopic (exact) mass is 254 g/mol. The van der Waals surface area contributed by atoms with Crippen LogP contribution in [0, 0.1) is 6.92 Å². The third-order valence-electron chi connectivity index (χ3n) is 3.55. The number of rotatable bonds is 4. The van der Waals surface area contributed by atoms with E-state index in [0.717, 1.165) is 22.2 Å². The first-order valence-corrected chi connectivity index (χ1v) is 7.37. The Morgan fingerprint density at radius 1 is 1.47 bits per heavy atom. The van der Waals surface area contributed by atoms with Crippen molar-refractivity contribution in [2.45, 2.75) is 58.6 Å². The van der Waals surface area contributed by atoms with Gasteiger partial charge in [0, 0.05) is 12.6 Å². The molecule has 1 atom stereocenters. The molecule has 1 unspecified atom stereocenters. The third kappa shape index (κ3) is 2.63. The fourth-order valence-electron chi connectivity index (χ4n) is 2.67. The van der Waals surface area contributed by atoms with Gasteiger partial charge in [0.2, 0.25) is 0 Å². The summed E-state index contributed by atoms with van der Waals surface area (Å²) in [6.45, 7) is 7.01. The quantitative estimate of drug-likeness (QED) is 0.896. The number of aryl methyl sites for hydroxylation is 1. The Kier molecular flexibility index (Phi) is 4.05. The molecule has 1 aliphatic rings. The number of hydrogen-bond donors (Lipinski definition) is 1. The van der Waals surface area contributed by atoms with Gasteiger partial charge >= 0.3 is 0 Å². The Hall–Kier alpha value is -0.610. The van der Waals surface area contributed by atoms with Crippen molar-refractivity contribution in [3.63, 3.8) is 0 Å². The van der Waals surface area contributed by atoms with Crippen LogP contribution in [0.15, 0.2) is 0 Å². The molecule has 1 heterocycles. The average molecular weight is 254 g/mol. The average Bonchev–Trinajstić information content (AvgIpc) is 2.89. The van der Waals surface area contributed by atoms with E-state index in [1.807, 2.05) is 13.8 Å². The first-order valence-electron chi connectivity index (χ1n) is 6.55. The molecular formula is C13H22N2OS. The summed E-state index contributed by atoms with van der Waals surface area (Å²) in [6, 6.07) is 0.660. The molecule has 0 radical (unpaired) electrons. The summed E-state index contributed by atoms with van der Waals surface area (Å²) >= 11 is 1.65. The second kappa shape index (κ2) is 5.36. The van der Waals surface area contributed by atoms with Crippen molar-refractivity contribution in [3.8, 4) is 0 Å². The molecule has 1 aliphatic carbocycles. The molecule has 0 spiro atoms. The predicted octanol–water partition coefficient (Wildman–Crippen LogP) is 3.27. The molecule has 1 fully saturated rings. The van der Waals surface area contributed by atoms with Crippen LogP contribution in [0.1, 0.15) is 56.2 Å². The molecule has 1 saturated carbocycles. The number of nitrogens with zero attached hydrogens (tertiary/aromatic N) is 2. The minimum atomic E-state index is -0.400. The first kappa shape index (κ1) is 12.8. The SMILES string of the molecule is CCN(c1nc(C)c(C(C)O)s1)C1CCCC1. The van der Waals surface area contributed by atoms with Crippen LogP contribution in [0.3, 0.4) is 0 Å². The smallest absolute Gasteiger partial charge is 0.186 e. The van der Waals surface area contributed by atoms with Gasteiger partial charge in [-0.3, -0.25) is 0 Å². The molecule has 1 aromatic rings. The molecule has 0 aliphatic heterocycles. The molecule has 2 rings (SSSR count). The highest BCUT2D eigenvalue weighted by Crippen LogP contribution is 2.34. The maximum Gasteiger partial charge on any atom is 0.186 e. The summed E-state index contributed by atoms with van der Waals surface area (Å²) in [5.74, 6) is 0. The highest BCUT2D eigenvalue weighted by atomic mass is 32.1. The minimum absolute atomic E-state index is 0.400. The summed E-state index contributed by atoms with van der Waals surface area (Å²) in [5.41, 5.74) is 0.983. The van der Waals surface area contributed by atoms with E-state index in [9.17, 15) is 5.11 Å². The molecule has 1 N–H and O–H groups in total. The van der Waals surface area contributed by atoms with Gasteiger partial charge in [0.15, 0.2) is 5.13 Å². The third-order valence-corrected chi connectivity index (χ3v) is 4.92. The summed E-state index contributed by atoms with van der Waals surface area (Å²) in [6.07, 6.45) is 4.86. The zero-order chi connectivity index (χ0) is 12.4. The van der Waals surface area contributed by atoms with E-state index in [4.69, 9.17) is 0 Å². The van der Waals surface area contributed by atoms with Gasteiger partial charge in [-0.15, -0.1) is 0 Å². The van der Waals surface area contributed by atoms with Gasteiger partial charge in [0.25, 0.3) is 0 Å². The Morgan fingerprint density at radius 2 is 2.12 bits per heavy atom. The highest BCUT2D eigenvalue weighted by molar-refractivity contribution is 7.15. The lowest BCUT2D eigenvalue weighted by atomic mass is 10.2. The van der Waals surface area contributed by atoms with E-state index in [-0.39, 0.29) is 0 Å². The summed E-state index contributed by atoms with van der Waals surface area (Å²) in [7, 11) is 0. The van der Waals surface area contributed by atoms with E-state index >= 15 is 0 Å². The fraction of sp³-hybridized carbons (Fsp3) is 0.769. The van der Waals surface area contributed by atoms with Gasteiger partial charge < -0.3 is 10.0 Å². The van der Waals surface area contributed by atoms with E-state index in [2.05, 4.69) is 16.8 Å². The summed E-state index contributed by atoms with van der Waals surface area (Å²) in [4.78, 5) is 8.06. The number of hydrogen-bond acceptors (Lipinski definition) is 4. The highest BCUT2D eigenvalue weighted by Gasteiger charge is 2.25. The van der Waals surface area contributed by atoms with Crippen LogP contribution in [0.2, 0.25) is 0 Å². The van der Waals surface area contributed by atoms with Crippen molar-refractivity contribution in [1.29, 1.82) is 0 Å². The molecule has 17 heavy (non-hydrogen) atoms. The van der Waals surface area contributed by atoms with Crippen LogP contribution >= 0.6 is 11.3 Å². The van der Waals surface area contributed by atoms with Crippen LogP contribution < -0.4 is 4.90 Å². The standard InChI is InChI=1S/C13H22N2OS/c1-4-15(11-7-5-6-8-11)13-14-9(2)12(17-13)10(3)16/h10-11,16H,4-8H2,1-3H3. The predicted molar refractivity (Wildman–Crippen MR) is 72.8 cm³/mol. The van der Waals surface area contributed by atoms with Crippen LogP contribution in [-0.4, -0.2) is 22.7 Å². The van der Waals surface area contributed by atoms with Crippen molar-refractivity contribution < 1.29 is 5.11 Å². The second-order valence-electron chi connectivity index (χ2n) is 4.85. The molecule has 4 heteroatoms. The second-order valence-corrected chi connectivity index (χ2v) is 5.86. The molecule has 0 bridgehead atoms. The lowest BCUT2D eigenvalue weighted by Crippen LogP contribution is -2.32. The Balaban J connectivity index is 2.21. The maximum atomic E-state index is 9.69. The van der Waals surface area contributed by atoms with E-state index < -0.39 is 6.10 Å². The van der Waals surface area contributed by atoms with Gasteiger partial charge in [-0.05, 0) is 33.6 Å². The van der Waals surface area contributed by atoms with E-state index in [0.29, 0.717) is 6.04 Å². The van der Waals surface area contributed by atoms with Gasteiger partial charge in [-0.1, -0.05) is 24.2 Å². The number of thiazole rings is 1. The van der Waals surface area contributed by atoms with Gasteiger partial charge in [0.1, 0.15) is 0 Å². The van der Waals surface area contributed by atoms with Crippen LogP contribution in [0.25, 0.3) is 0 Å². The molecule has 0 amide bonds. The fourth-order valence-corrected chi connectivity index (χ4v) is 3.81. The molecule has 3 nitrogen and oxygen atoms in total. The van der Waals surface area contributed by atoms with Crippen LogP contribution in [0.4, 0.5) is 5.13 Å². The number of aliphatic hydroxyl groups is 1. The maximum absolute atomic E-state index is 9.69. The Bertz CT molecular complexity index is 369. The lowest BCUT2D eigenvalue weighted by molar-refractivity contribution is 0.202. The molecule has 1 aromatic heterocycles. The summed E-state index contributed by atoms with van der Waals surface area (Å²) in [5, 5.41) is 10.8. The van der Waals surface area contributed by atoms with Gasteiger partial charge in [0.05, 0.1) is 16.7 Å². The van der Waals surface area contributed by atoms with Crippen molar-refractivity contribution in [2.24, 2.45) is 0 Å². The normalized spacial score (nSPS) is 18.6. The van der Waals surface area contributed by atoms with Crippen molar-refractivity contribution in [3.05, 3.63) is 10.6 Å². The lowest BCUT2D eigenvalue weighted by Gasteiger charge is -2.26. The zero-order valence-corrected chi connectivity index (χ0v) is 11.8. The van der Waals surface area contributed by atoms with Crippen molar-refractivity contribution in [2.75, 3.05) is 11.4 Å². The van der Waals surface area contributed by atoms with Gasteiger partial charge in [-0.2, -0.15) is 0 Å². The first-order chi connectivity index (χ1) is 8.13. The topological polar surface area (TPSA) is 36.4 Å². The molecular weight excluding hydrogens is 232 g/mol. The molecule has 96 valence electrons.